The lowest BCUT2D eigenvalue weighted by Crippen LogP contribution is -2.29. The molecule has 1 saturated heterocycles. The van der Waals surface area contributed by atoms with Crippen LogP contribution in [0, 0.1) is 0 Å². The molecule has 3 heterocycles. The highest BCUT2D eigenvalue weighted by Gasteiger charge is 2.42. The summed E-state index contributed by atoms with van der Waals surface area (Å²) in [5.74, 6) is 2.21. The van der Waals surface area contributed by atoms with Crippen molar-refractivity contribution in [1.29, 1.82) is 0 Å². The third-order valence-corrected chi connectivity index (χ3v) is 6.62. The van der Waals surface area contributed by atoms with Crippen molar-refractivity contribution >= 4 is 46.2 Å². The van der Waals surface area contributed by atoms with E-state index in [0.29, 0.717) is 20.9 Å². The number of hydrogen-bond donors (Lipinski definition) is 1. The second kappa shape index (κ2) is 9.06. The van der Waals surface area contributed by atoms with Crippen molar-refractivity contribution in [3.63, 3.8) is 0 Å². The topological polar surface area (TPSA) is 50.5 Å². The van der Waals surface area contributed by atoms with Gasteiger partial charge in [-0.2, -0.15) is 0 Å². The van der Waals surface area contributed by atoms with Gasteiger partial charge in [-0.25, -0.2) is 0 Å². The summed E-state index contributed by atoms with van der Waals surface area (Å²) in [5, 5.41) is 4.99. The van der Waals surface area contributed by atoms with Crippen LogP contribution in [0.15, 0.2) is 83.4 Å². The summed E-state index contributed by atoms with van der Waals surface area (Å²) in [5.41, 5.74) is 2.63. The average Bonchev–Trinajstić information content (AvgIpc) is 3.46. The molecule has 5 nitrogen and oxygen atoms in total. The molecule has 166 valence electrons. The zero-order valence-corrected chi connectivity index (χ0v) is 19.9. The highest BCUT2D eigenvalue weighted by atomic mass is 35.5. The molecule has 0 amide bonds. The molecule has 8 heteroatoms. The van der Waals surface area contributed by atoms with Crippen LogP contribution in [0.5, 0.6) is 5.75 Å². The Bertz CT molecular complexity index is 1290. The Labute approximate surface area is 206 Å². The Morgan fingerprint density at radius 3 is 2.52 bits per heavy atom. The summed E-state index contributed by atoms with van der Waals surface area (Å²) < 4.78 is 11.7. The van der Waals surface area contributed by atoms with Gasteiger partial charge in [-0.15, -0.1) is 0 Å². The molecule has 1 N–H and O–H groups in total. The number of thiocarbonyl (C=S) groups is 1. The number of benzene rings is 2. The Hall–Kier alpha value is -3.06. The van der Waals surface area contributed by atoms with Gasteiger partial charge in [0.2, 0.25) is 0 Å². The Kier molecular flexibility index (Phi) is 5.98. The Morgan fingerprint density at radius 2 is 1.82 bits per heavy atom. The van der Waals surface area contributed by atoms with E-state index < -0.39 is 0 Å². The second-order valence-corrected chi connectivity index (χ2v) is 8.73. The maximum Gasteiger partial charge on any atom is 0.174 e. The van der Waals surface area contributed by atoms with Gasteiger partial charge < -0.3 is 19.4 Å². The Balaban J connectivity index is 1.58. The molecule has 2 atom stereocenters. The average molecular weight is 496 g/mol. The molecule has 4 aromatic rings. The fourth-order valence-corrected chi connectivity index (χ4v) is 4.63. The molecule has 33 heavy (non-hydrogen) atoms. The first-order valence-corrected chi connectivity index (χ1v) is 11.4. The van der Waals surface area contributed by atoms with Gasteiger partial charge in [0.1, 0.15) is 23.3 Å². The monoisotopic (exact) mass is 495 g/mol. The van der Waals surface area contributed by atoms with Crippen molar-refractivity contribution in [2.75, 3.05) is 12.0 Å². The molecule has 2 aromatic carbocycles. The number of furan rings is 1. The van der Waals surface area contributed by atoms with E-state index in [1.165, 1.54) is 0 Å². The van der Waals surface area contributed by atoms with Crippen LogP contribution in [0.25, 0.3) is 11.3 Å². The van der Waals surface area contributed by atoms with Gasteiger partial charge in [0.25, 0.3) is 0 Å². The van der Waals surface area contributed by atoms with E-state index in [2.05, 4.69) is 10.3 Å². The van der Waals surface area contributed by atoms with Crippen LogP contribution in [-0.2, 0) is 0 Å². The van der Waals surface area contributed by atoms with Crippen molar-refractivity contribution in [2.24, 2.45) is 0 Å². The number of anilines is 1. The number of aromatic nitrogens is 1. The van der Waals surface area contributed by atoms with Crippen LogP contribution in [0.1, 0.15) is 23.5 Å². The van der Waals surface area contributed by atoms with Gasteiger partial charge in [-0.1, -0.05) is 29.3 Å². The smallest absolute Gasteiger partial charge is 0.174 e. The van der Waals surface area contributed by atoms with Crippen molar-refractivity contribution < 1.29 is 9.15 Å². The molecule has 0 aliphatic carbocycles. The fourth-order valence-electron chi connectivity index (χ4n) is 3.98. The number of ether oxygens (including phenoxy) is 1. The predicted molar refractivity (Wildman–Crippen MR) is 135 cm³/mol. The molecular formula is C25H19Cl2N3O2S. The van der Waals surface area contributed by atoms with Gasteiger partial charge in [0, 0.05) is 17.4 Å². The van der Waals surface area contributed by atoms with E-state index in [-0.39, 0.29) is 12.1 Å². The largest absolute Gasteiger partial charge is 0.497 e. The quantitative estimate of drug-likeness (QED) is 0.306. The van der Waals surface area contributed by atoms with Crippen LogP contribution in [-0.4, -0.2) is 17.2 Å². The number of nitrogens with one attached hydrogen (secondary N) is 1. The third kappa shape index (κ3) is 4.17. The third-order valence-electron chi connectivity index (χ3n) is 5.57. The molecule has 0 radical (unpaired) electrons. The van der Waals surface area contributed by atoms with Gasteiger partial charge in [-0.3, -0.25) is 4.98 Å². The molecule has 1 fully saturated rings. The first kappa shape index (κ1) is 21.8. The zero-order valence-electron chi connectivity index (χ0n) is 17.5. The number of methoxy groups -OCH3 is 1. The molecular weight excluding hydrogens is 477 g/mol. The summed E-state index contributed by atoms with van der Waals surface area (Å²) in [7, 11) is 1.64. The minimum Gasteiger partial charge on any atom is -0.497 e. The number of pyridine rings is 1. The molecule has 1 aliphatic heterocycles. The predicted octanol–water partition coefficient (Wildman–Crippen LogP) is 6.83. The SMILES string of the molecule is COc1ccc(N2C(=S)N[C@@H](c3ccccn3)[C@H]2c2ccc(-c3ccc(Cl)c(Cl)c3)o2)cc1. The van der Waals surface area contributed by atoms with Crippen molar-refractivity contribution in [1.82, 2.24) is 10.3 Å². The molecule has 0 spiro atoms. The first-order chi connectivity index (χ1) is 16.0. The minimum atomic E-state index is -0.252. The molecule has 5 rings (SSSR count). The molecule has 1 aliphatic rings. The number of nitrogens with zero attached hydrogens (tertiary/aromatic N) is 2. The summed E-state index contributed by atoms with van der Waals surface area (Å²) in [6, 6.07) is 22.5. The van der Waals surface area contributed by atoms with E-state index in [1.54, 1.807) is 25.4 Å². The van der Waals surface area contributed by atoms with Crippen molar-refractivity contribution in [3.05, 3.63) is 100 Å². The number of hydrogen-bond acceptors (Lipinski definition) is 4. The molecule has 0 saturated carbocycles. The lowest BCUT2D eigenvalue weighted by molar-refractivity contribution is 0.414. The van der Waals surface area contributed by atoms with Crippen LogP contribution in [0.2, 0.25) is 10.0 Å². The summed E-state index contributed by atoms with van der Waals surface area (Å²) >= 11 is 18.1. The standard InChI is InChI=1S/C25H19Cl2N3O2S/c1-31-17-8-6-16(7-9-17)30-24(23(29-25(30)33)20-4-2-3-13-28-20)22-12-11-21(32-22)15-5-10-18(26)19(27)14-15/h2-14,23-24H,1H3,(H,29,33)/t23-,24+/m0/s1. The summed E-state index contributed by atoms with van der Waals surface area (Å²) in [6.07, 6.45) is 1.77. The highest BCUT2D eigenvalue weighted by molar-refractivity contribution is 7.80. The van der Waals surface area contributed by atoms with Gasteiger partial charge in [0.15, 0.2) is 5.11 Å². The van der Waals surface area contributed by atoms with Crippen LogP contribution in [0.4, 0.5) is 5.69 Å². The number of halogens is 2. The van der Waals surface area contributed by atoms with Crippen LogP contribution >= 0.6 is 35.4 Å². The van der Waals surface area contributed by atoms with E-state index in [0.717, 1.165) is 28.5 Å². The van der Waals surface area contributed by atoms with Crippen LogP contribution < -0.4 is 15.0 Å². The van der Waals surface area contributed by atoms with Crippen LogP contribution in [0.3, 0.4) is 0 Å². The number of rotatable bonds is 5. The van der Waals surface area contributed by atoms with Crippen molar-refractivity contribution in [2.45, 2.75) is 12.1 Å². The molecule has 2 aromatic heterocycles. The summed E-state index contributed by atoms with van der Waals surface area (Å²) in [6.45, 7) is 0. The molecule has 0 bridgehead atoms. The lowest BCUT2D eigenvalue weighted by atomic mass is 10.0. The highest BCUT2D eigenvalue weighted by Crippen LogP contribution is 2.43. The Morgan fingerprint density at radius 1 is 1.00 bits per heavy atom. The summed E-state index contributed by atoms with van der Waals surface area (Å²) in [4.78, 5) is 6.62. The van der Waals surface area contributed by atoms with E-state index in [1.807, 2.05) is 65.6 Å². The molecule has 0 unspecified atom stereocenters. The van der Waals surface area contributed by atoms with Gasteiger partial charge in [-0.05, 0) is 78.9 Å². The maximum atomic E-state index is 6.35. The van der Waals surface area contributed by atoms with Gasteiger partial charge >= 0.3 is 0 Å². The minimum absolute atomic E-state index is 0.200. The first-order valence-electron chi connectivity index (χ1n) is 10.2. The van der Waals surface area contributed by atoms with E-state index in [4.69, 9.17) is 44.6 Å². The maximum absolute atomic E-state index is 6.35. The lowest BCUT2D eigenvalue weighted by Gasteiger charge is -2.26. The second-order valence-electron chi connectivity index (χ2n) is 7.53. The van der Waals surface area contributed by atoms with E-state index >= 15 is 0 Å². The van der Waals surface area contributed by atoms with Gasteiger partial charge in [0.05, 0.1) is 28.9 Å². The zero-order chi connectivity index (χ0) is 22.9. The fraction of sp³-hybridized carbons (Fsp3) is 0.120. The van der Waals surface area contributed by atoms with E-state index in [9.17, 15) is 0 Å². The van der Waals surface area contributed by atoms with Crippen molar-refractivity contribution in [3.8, 4) is 17.1 Å². The normalized spacial score (nSPS) is 17.8.